The molecule has 112 valence electrons. The molecule has 0 saturated heterocycles. The maximum Gasteiger partial charge on any atom is 0.144 e. The zero-order valence-corrected chi connectivity index (χ0v) is 12.7. The van der Waals surface area contributed by atoms with Crippen molar-refractivity contribution in [1.82, 2.24) is 5.32 Å². The molecule has 0 amide bonds. The van der Waals surface area contributed by atoms with E-state index in [2.05, 4.69) is 17.4 Å². The van der Waals surface area contributed by atoms with Gasteiger partial charge in [0.15, 0.2) is 0 Å². The number of hydrogen-bond donors (Lipinski definition) is 3. The van der Waals surface area contributed by atoms with Gasteiger partial charge < -0.3 is 21.0 Å². The molecular formula is C15H25N3O2. The standard InChI is InChI=1S/C15H25N3O2/c1-11(12-7-5-6-8-13(12)20-4)17-10-9-15(2,3)14(16)18-19/h5-8,11,17,19H,9-10H2,1-4H3,(H2,16,18)/t11-/m1/s1. The number of ether oxygens (including phenoxy) is 1. The van der Waals surface area contributed by atoms with Crippen molar-refractivity contribution in [3.8, 4) is 5.75 Å². The molecule has 0 radical (unpaired) electrons. The quantitative estimate of drug-likeness (QED) is 0.310. The molecule has 1 atom stereocenters. The van der Waals surface area contributed by atoms with Gasteiger partial charge in [0.25, 0.3) is 0 Å². The zero-order valence-electron chi connectivity index (χ0n) is 12.7. The van der Waals surface area contributed by atoms with Crippen molar-refractivity contribution in [1.29, 1.82) is 0 Å². The van der Waals surface area contributed by atoms with Crippen LogP contribution in [0.1, 0.15) is 38.8 Å². The molecule has 0 aliphatic heterocycles. The molecule has 0 heterocycles. The lowest BCUT2D eigenvalue weighted by atomic mass is 9.88. The van der Waals surface area contributed by atoms with Gasteiger partial charge in [0.2, 0.25) is 0 Å². The topological polar surface area (TPSA) is 79.9 Å². The number of oxime groups is 1. The lowest BCUT2D eigenvalue weighted by molar-refractivity contribution is 0.304. The number of benzene rings is 1. The summed E-state index contributed by atoms with van der Waals surface area (Å²) in [6.07, 6.45) is 0.780. The molecule has 1 rings (SSSR count). The van der Waals surface area contributed by atoms with Gasteiger partial charge in [0.05, 0.1) is 7.11 Å². The summed E-state index contributed by atoms with van der Waals surface area (Å²) in [5.41, 5.74) is 6.47. The van der Waals surface area contributed by atoms with Gasteiger partial charge in [-0.2, -0.15) is 0 Å². The molecule has 0 spiro atoms. The Bertz CT molecular complexity index is 458. The van der Waals surface area contributed by atoms with Crippen LogP contribution in [-0.2, 0) is 0 Å². The van der Waals surface area contributed by atoms with Gasteiger partial charge in [-0.1, -0.05) is 37.2 Å². The average molecular weight is 279 g/mol. The molecule has 0 bridgehead atoms. The summed E-state index contributed by atoms with van der Waals surface area (Å²) in [7, 11) is 1.67. The third kappa shape index (κ3) is 4.13. The fourth-order valence-corrected chi connectivity index (χ4v) is 2.00. The van der Waals surface area contributed by atoms with E-state index in [0.29, 0.717) is 0 Å². The highest BCUT2D eigenvalue weighted by Gasteiger charge is 2.23. The number of nitrogens with one attached hydrogen (secondary N) is 1. The summed E-state index contributed by atoms with van der Waals surface area (Å²) in [6.45, 7) is 6.77. The SMILES string of the molecule is COc1ccccc1[C@@H](C)NCCC(C)(C)/C(N)=N/O. The average Bonchev–Trinajstić information content (AvgIpc) is 2.45. The number of nitrogens with zero attached hydrogens (tertiary/aromatic N) is 1. The van der Waals surface area contributed by atoms with Gasteiger partial charge in [-0.15, -0.1) is 0 Å². The predicted molar refractivity (Wildman–Crippen MR) is 81.2 cm³/mol. The second-order valence-electron chi connectivity index (χ2n) is 5.54. The normalized spacial score (nSPS) is 14.1. The first-order valence-corrected chi connectivity index (χ1v) is 6.76. The van der Waals surface area contributed by atoms with Crippen molar-refractivity contribution < 1.29 is 9.94 Å². The minimum absolute atomic E-state index is 0.175. The summed E-state index contributed by atoms with van der Waals surface area (Å²) in [6, 6.07) is 8.13. The largest absolute Gasteiger partial charge is 0.496 e. The Balaban J connectivity index is 2.58. The van der Waals surface area contributed by atoms with E-state index < -0.39 is 0 Å². The van der Waals surface area contributed by atoms with Crippen LogP contribution in [0.15, 0.2) is 29.4 Å². The molecule has 5 heteroatoms. The fourth-order valence-electron chi connectivity index (χ4n) is 2.00. The zero-order chi connectivity index (χ0) is 15.2. The molecule has 0 aliphatic rings. The lowest BCUT2D eigenvalue weighted by Gasteiger charge is -2.24. The molecule has 0 saturated carbocycles. The van der Waals surface area contributed by atoms with Crippen molar-refractivity contribution in [2.75, 3.05) is 13.7 Å². The monoisotopic (exact) mass is 279 g/mol. The second-order valence-corrected chi connectivity index (χ2v) is 5.54. The van der Waals surface area contributed by atoms with Crippen molar-refractivity contribution in [2.24, 2.45) is 16.3 Å². The van der Waals surface area contributed by atoms with Crippen molar-refractivity contribution in [2.45, 2.75) is 33.2 Å². The summed E-state index contributed by atoms with van der Waals surface area (Å²) in [5, 5.41) is 15.3. The Morgan fingerprint density at radius 1 is 1.45 bits per heavy atom. The molecular weight excluding hydrogens is 254 g/mol. The van der Waals surface area contributed by atoms with Crippen LogP contribution in [0.3, 0.4) is 0 Å². The molecule has 1 aromatic rings. The van der Waals surface area contributed by atoms with Crippen LogP contribution in [0.25, 0.3) is 0 Å². The van der Waals surface area contributed by atoms with E-state index in [9.17, 15) is 0 Å². The maximum atomic E-state index is 8.75. The molecule has 5 nitrogen and oxygen atoms in total. The minimum atomic E-state index is -0.331. The van der Waals surface area contributed by atoms with E-state index in [1.54, 1.807) is 7.11 Å². The third-order valence-electron chi connectivity index (χ3n) is 3.61. The minimum Gasteiger partial charge on any atom is -0.496 e. The van der Waals surface area contributed by atoms with Gasteiger partial charge in [0, 0.05) is 17.0 Å². The highest BCUT2D eigenvalue weighted by Crippen LogP contribution is 2.25. The first kappa shape index (κ1) is 16.3. The number of rotatable bonds is 7. The van der Waals surface area contributed by atoms with Gasteiger partial charge in [-0.05, 0) is 26.0 Å². The first-order valence-electron chi connectivity index (χ1n) is 6.76. The molecule has 20 heavy (non-hydrogen) atoms. The van der Waals surface area contributed by atoms with Crippen molar-refractivity contribution in [3.63, 3.8) is 0 Å². The number of methoxy groups -OCH3 is 1. The highest BCUT2D eigenvalue weighted by molar-refractivity contribution is 5.85. The Kier molecular flexibility index (Phi) is 5.82. The smallest absolute Gasteiger partial charge is 0.144 e. The first-order chi connectivity index (χ1) is 9.42. The van der Waals surface area contributed by atoms with Gasteiger partial charge in [0.1, 0.15) is 11.6 Å². The van der Waals surface area contributed by atoms with Crippen LogP contribution in [0, 0.1) is 5.41 Å². The predicted octanol–water partition coefficient (Wildman–Crippen LogP) is 2.51. The number of nitrogens with two attached hydrogens (primary N) is 1. The summed E-state index contributed by atoms with van der Waals surface area (Å²) >= 11 is 0. The Labute approximate surface area is 120 Å². The molecule has 0 aromatic heterocycles. The lowest BCUT2D eigenvalue weighted by Crippen LogP contribution is -2.35. The highest BCUT2D eigenvalue weighted by atomic mass is 16.5. The van der Waals surface area contributed by atoms with Crippen LogP contribution >= 0.6 is 0 Å². The van der Waals surface area contributed by atoms with E-state index >= 15 is 0 Å². The molecule has 0 unspecified atom stereocenters. The van der Waals surface area contributed by atoms with Gasteiger partial charge in [-0.25, -0.2) is 0 Å². The van der Waals surface area contributed by atoms with Crippen LogP contribution in [0.4, 0.5) is 0 Å². The summed E-state index contributed by atoms with van der Waals surface area (Å²) in [5.74, 6) is 1.13. The van der Waals surface area contributed by atoms with Crippen LogP contribution < -0.4 is 15.8 Å². The van der Waals surface area contributed by atoms with Crippen molar-refractivity contribution in [3.05, 3.63) is 29.8 Å². The number of amidine groups is 1. The Morgan fingerprint density at radius 2 is 2.10 bits per heavy atom. The fraction of sp³-hybridized carbons (Fsp3) is 0.533. The van der Waals surface area contributed by atoms with E-state index in [0.717, 1.165) is 24.3 Å². The number of para-hydroxylation sites is 1. The van der Waals surface area contributed by atoms with Gasteiger partial charge in [-0.3, -0.25) is 0 Å². The van der Waals surface area contributed by atoms with Crippen LogP contribution in [-0.4, -0.2) is 24.7 Å². The second kappa shape index (κ2) is 7.14. The van der Waals surface area contributed by atoms with E-state index in [4.69, 9.17) is 15.7 Å². The maximum absolute atomic E-state index is 8.75. The van der Waals surface area contributed by atoms with Crippen LogP contribution in [0.5, 0.6) is 5.75 Å². The van der Waals surface area contributed by atoms with Crippen LogP contribution in [0.2, 0.25) is 0 Å². The molecule has 4 N–H and O–H groups in total. The van der Waals surface area contributed by atoms with E-state index in [1.165, 1.54) is 0 Å². The number of hydrogen-bond acceptors (Lipinski definition) is 4. The Hall–Kier alpha value is -1.75. The van der Waals surface area contributed by atoms with Gasteiger partial charge >= 0.3 is 0 Å². The summed E-state index contributed by atoms with van der Waals surface area (Å²) in [4.78, 5) is 0. The van der Waals surface area contributed by atoms with Crippen molar-refractivity contribution >= 4 is 5.84 Å². The third-order valence-corrected chi connectivity index (χ3v) is 3.61. The molecule has 0 aliphatic carbocycles. The molecule has 1 aromatic carbocycles. The summed E-state index contributed by atoms with van der Waals surface area (Å²) < 4.78 is 5.36. The van der Waals surface area contributed by atoms with E-state index in [1.807, 2.05) is 38.1 Å². The Morgan fingerprint density at radius 3 is 2.70 bits per heavy atom. The molecule has 0 fully saturated rings. The van der Waals surface area contributed by atoms with E-state index in [-0.39, 0.29) is 17.3 Å².